The lowest BCUT2D eigenvalue weighted by Crippen LogP contribution is -2.34. The van der Waals surface area contributed by atoms with Gasteiger partial charge in [0.15, 0.2) is 5.82 Å². The third-order valence-corrected chi connectivity index (χ3v) is 6.84. The van der Waals surface area contributed by atoms with Crippen LogP contribution in [-0.4, -0.2) is 15.6 Å². The van der Waals surface area contributed by atoms with Crippen molar-refractivity contribution < 1.29 is 9.15 Å². The molecule has 0 unspecified atom stereocenters. The lowest BCUT2D eigenvalue weighted by molar-refractivity contribution is 0.294. The van der Waals surface area contributed by atoms with Crippen LogP contribution in [0, 0.1) is 0 Å². The first-order chi connectivity index (χ1) is 18.1. The zero-order valence-electron chi connectivity index (χ0n) is 20.0. The predicted molar refractivity (Wildman–Crippen MR) is 147 cm³/mol. The Bertz CT molecular complexity index is 1460. The number of aromatic nitrogens is 2. The molecule has 0 aliphatic rings. The molecule has 0 bridgehead atoms. The highest BCUT2D eigenvalue weighted by atomic mass is 79.9. The van der Waals surface area contributed by atoms with Crippen molar-refractivity contribution in [2.75, 3.05) is 0 Å². The lowest BCUT2D eigenvalue weighted by Gasteiger charge is -2.26. The Hall–Kier alpha value is -3.94. The molecule has 0 aliphatic heterocycles. The van der Waals surface area contributed by atoms with Crippen molar-refractivity contribution in [2.24, 2.45) is 5.73 Å². The molecule has 186 valence electrons. The predicted octanol–water partition coefficient (Wildman–Crippen LogP) is 6.00. The van der Waals surface area contributed by atoms with E-state index in [9.17, 15) is 4.79 Å². The summed E-state index contributed by atoms with van der Waals surface area (Å²) in [6, 6.07) is 31.1. The van der Waals surface area contributed by atoms with Crippen LogP contribution in [0.2, 0.25) is 0 Å². The molecule has 0 spiro atoms. The molecule has 2 aromatic heterocycles. The average Bonchev–Trinajstić information content (AvgIpc) is 3.29. The van der Waals surface area contributed by atoms with E-state index in [1.165, 1.54) is 12.3 Å². The zero-order chi connectivity index (χ0) is 25.6. The summed E-state index contributed by atoms with van der Waals surface area (Å²) in [5, 5.41) is 0. The summed E-state index contributed by atoms with van der Waals surface area (Å²) >= 11 is 3.61. The van der Waals surface area contributed by atoms with E-state index in [1.807, 2.05) is 71.3 Å². The van der Waals surface area contributed by atoms with Gasteiger partial charge in [0.25, 0.3) is 0 Å². The Morgan fingerprint density at radius 1 is 0.892 bits per heavy atom. The number of hydrogen-bond acceptors (Lipinski definition) is 5. The first kappa shape index (κ1) is 24.7. The third-order valence-electron chi connectivity index (χ3n) is 6.21. The summed E-state index contributed by atoms with van der Waals surface area (Å²) in [6.07, 6.45) is 3.03. The molecule has 6 nitrogen and oxygen atoms in total. The maximum atomic E-state index is 12.8. The van der Waals surface area contributed by atoms with Crippen LogP contribution in [0.1, 0.15) is 22.6 Å². The van der Waals surface area contributed by atoms with Crippen molar-refractivity contribution in [1.82, 2.24) is 9.55 Å². The van der Waals surface area contributed by atoms with Gasteiger partial charge in [0.2, 0.25) is 16.9 Å². The van der Waals surface area contributed by atoms with E-state index in [-0.39, 0.29) is 35.5 Å². The molecule has 2 N–H and O–H groups in total. The van der Waals surface area contributed by atoms with Gasteiger partial charge in [-0.3, -0.25) is 4.79 Å². The van der Waals surface area contributed by atoms with E-state index in [2.05, 4.69) is 45.2 Å². The van der Waals surface area contributed by atoms with Crippen LogP contribution in [0.3, 0.4) is 0 Å². The topological polar surface area (TPSA) is 83.3 Å². The quantitative estimate of drug-likeness (QED) is 0.241. The Balaban J connectivity index is 1.49. The van der Waals surface area contributed by atoms with Crippen molar-refractivity contribution in [3.8, 4) is 17.3 Å². The number of benzene rings is 3. The molecule has 1 atom stereocenters. The van der Waals surface area contributed by atoms with Gasteiger partial charge in [-0.25, -0.2) is 4.98 Å². The highest BCUT2D eigenvalue weighted by Crippen LogP contribution is 2.32. The van der Waals surface area contributed by atoms with E-state index in [0.29, 0.717) is 12.4 Å². The van der Waals surface area contributed by atoms with Gasteiger partial charge in [-0.2, -0.15) is 0 Å². The van der Waals surface area contributed by atoms with Crippen LogP contribution < -0.4 is 15.9 Å². The molecule has 2 heterocycles. The maximum Gasteiger partial charge on any atom is 0.227 e. The molecule has 37 heavy (non-hydrogen) atoms. The van der Waals surface area contributed by atoms with Gasteiger partial charge in [0.1, 0.15) is 11.2 Å². The van der Waals surface area contributed by atoms with Gasteiger partial charge in [-0.15, -0.1) is 0 Å². The maximum absolute atomic E-state index is 12.8. The molecule has 5 rings (SSSR count). The Kier molecular flexibility index (Phi) is 7.63. The van der Waals surface area contributed by atoms with Gasteiger partial charge in [0, 0.05) is 24.6 Å². The number of nitrogens with zero attached hydrogens (tertiary/aromatic N) is 2. The molecule has 0 saturated carbocycles. The summed E-state index contributed by atoms with van der Waals surface area (Å²) < 4.78 is 14.4. The zero-order valence-corrected chi connectivity index (χ0v) is 21.6. The fourth-order valence-electron chi connectivity index (χ4n) is 4.46. The van der Waals surface area contributed by atoms with E-state index in [4.69, 9.17) is 14.9 Å². The average molecular weight is 556 g/mol. The normalized spacial score (nSPS) is 12.0. The molecule has 3 aromatic carbocycles. The van der Waals surface area contributed by atoms with E-state index in [1.54, 1.807) is 6.20 Å². The van der Waals surface area contributed by atoms with E-state index < -0.39 is 0 Å². The van der Waals surface area contributed by atoms with Crippen LogP contribution in [0.4, 0.5) is 0 Å². The van der Waals surface area contributed by atoms with E-state index >= 15 is 0 Å². The van der Waals surface area contributed by atoms with Gasteiger partial charge in [-0.05, 0) is 32.6 Å². The van der Waals surface area contributed by atoms with Crippen molar-refractivity contribution in [3.05, 3.63) is 141 Å². The second-order valence-electron chi connectivity index (χ2n) is 8.70. The molecule has 5 aromatic rings. The summed E-state index contributed by atoms with van der Waals surface area (Å²) in [6.45, 7) is 0.648. The number of hydrogen-bond donors (Lipinski definition) is 1. The monoisotopic (exact) mass is 555 g/mol. The van der Waals surface area contributed by atoms with Gasteiger partial charge >= 0.3 is 0 Å². The fraction of sp³-hybridized carbons (Fsp3) is 0.133. The summed E-state index contributed by atoms with van der Waals surface area (Å²) in [5.41, 5.74) is 9.81. The largest absolute Gasteiger partial charge is 0.481 e. The second kappa shape index (κ2) is 11.4. The number of imidazole rings is 1. The second-order valence-corrected chi connectivity index (χ2v) is 9.51. The highest BCUT2D eigenvalue weighted by Gasteiger charge is 2.26. The van der Waals surface area contributed by atoms with Crippen molar-refractivity contribution in [3.63, 3.8) is 0 Å². The fourth-order valence-corrected chi connectivity index (χ4v) is 4.87. The summed E-state index contributed by atoms with van der Waals surface area (Å²) in [7, 11) is 0. The van der Waals surface area contributed by atoms with Gasteiger partial charge in [0.05, 0.1) is 12.5 Å². The minimum atomic E-state index is -0.307. The van der Waals surface area contributed by atoms with Gasteiger partial charge in [-0.1, -0.05) is 91.0 Å². The summed E-state index contributed by atoms with van der Waals surface area (Å²) in [5.74, 6) is 0.781. The number of nitrogens with two attached hydrogens (primary N) is 1. The Morgan fingerprint density at radius 3 is 2.11 bits per heavy atom. The van der Waals surface area contributed by atoms with Crippen LogP contribution in [0.25, 0.3) is 11.6 Å². The van der Waals surface area contributed by atoms with Crippen LogP contribution in [-0.2, 0) is 13.2 Å². The van der Waals surface area contributed by atoms with Crippen molar-refractivity contribution in [2.45, 2.75) is 25.1 Å². The number of halogens is 1. The van der Waals surface area contributed by atoms with Crippen LogP contribution in [0.15, 0.2) is 123 Å². The number of rotatable bonds is 9. The van der Waals surface area contributed by atoms with Crippen LogP contribution in [0.5, 0.6) is 5.75 Å². The standard InChI is InChI=1S/C30H26BrN3O3/c31-26-18-33-30(29-28(25(35)16-17-36-29)37-20-21-10-4-1-5-11-21)34(26)19-24(32)27(22-12-6-2-7-13-22)23-14-8-3-9-15-23/h1-18,24,27H,19-20,32H2/t24-/m1/s1. The third kappa shape index (κ3) is 5.58. The minimum Gasteiger partial charge on any atom is -0.481 e. The van der Waals surface area contributed by atoms with E-state index in [0.717, 1.165) is 21.3 Å². The first-order valence-corrected chi connectivity index (χ1v) is 12.8. The minimum absolute atomic E-state index is 0.0545. The smallest absolute Gasteiger partial charge is 0.227 e. The molecule has 0 amide bonds. The summed E-state index contributed by atoms with van der Waals surface area (Å²) in [4.78, 5) is 17.3. The first-order valence-electron chi connectivity index (χ1n) is 12.0. The SMILES string of the molecule is N[C@H](Cn1c(Br)cnc1-c1occc(=O)c1OCc1ccccc1)C(c1ccccc1)c1ccccc1. The molecule has 0 saturated heterocycles. The van der Waals surface area contributed by atoms with Crippen LogP contribution >= 0.6 is 15.9 Å². The van der Waals surface area contributed by atoms with Crippen molar-refractivity contribution >= 4 is 15.9 Å². The van der Waals surface area contributed by atoms with Gasteiger partial charge < -0.3 is 19.5 Å². The molecular weight excluding hydrogens is 530 g/mol. The lowest BCUT2D eigenvalue weighted by atomic mass is 9.85. The molecule has 0 fully saturated rings. The highest BCUT2D eigenvalue weighted by molar-refractivity contribution is 9.10. The molecule has 0 aliphatic carbocycles. The molecule has 0 radical (unpaired) electrons. The van der Waals surface area contributed by atoms with Crippen molar-refractivity contribution in [1.29, 1.82) is 0 Å². The molecule has 7 heteroatoms. The Morgan fingerprint density at radius 2 is 1.49 bits per heavy atom. The Labute approximate surface area is 223 Å². The molecular formula is C30H26BrN3O3. The number of ether oxygens (including phenoxy) is 1.